The molecule has 0 saturated carbocycles. The highest BCUT2D eigenvalue weighted by molar-refractivity contribution is 7.26. The van der Waals surface area contributed by atoms with Crippen LogP contribution >= 0.6 is 22.7 Å². The smallest absolute Gasteiger partial charge is 0.333 e. The molecule has 5 heteroatoms. The summed E-state index contributed by atoms with van der Waals surface area (Å²) >= 11 is 3.83. The van der Waals surface area contributed by atoms with Gasteiger partial charge >= 0.3 is 6.85 Å². The van der Waals surface area contributed by atoms with Crippen LogP contribution in [-0.4, -0.2) is 11.4 Å². The average Bonchev–Trinajstić information content (AvgIpc) is 3.83. The van der Waals surface area contributed by atoms with Crippen LogP contribution in [-0.2, 0) is 10.8 Å². The molecule has 0 saturated heterocycles. The van der Waals surface area contributed by atoms with Gasteiger partial charge in [0.1, 0.15) is 0 Å². The Morgan fingerprint density at radius 1 is 0.473 bits per heavy atom. The molecule has 264 valence electrons. The molecule has 2 aliphatic rings. The van der Waals surface area contributed by atoms with Crippen molar-refractivity contribution in [2.24, 2.45) is 0 Å². The number of hydrogen-bond acceptors (Lipinski definition) is 3. The molecule has 0 amide bonds. The Bertz CT molecular complexity index is 3290. The first kappa shape index (κ1) is 31.9. The number of fused-ring (bicyclic) bond motifs is 14. The third-order valence-corrected chi connectivity index (χ3v) is 14.8. The number of benzene rings is 7. The summed E-state index contributed by atoms with van der Waals surface area (Å²) in [4.78, 5) is 2.67. The van der Waals surface area contributed by atoms with E-state index in [2.05, 4.69) is 178 Å². The number of thiophene rings is 2. The largest absolute Gasteiger partial charge is 0.376 e. The van der Waals surface area contributed by atoms with E-state index in [0.717, 1.165) is 0 Å². The van der Waals surface area contributed by atoms with Gasteiger partial charge in [-0.25, -0.2) is 0 Å². The second kappa shape index (κ2) is 10.7. The number of hydrogen-bond donors (Lipinski definition) is 0. The maximum absolute atomic E-state index is 2.67. The van der Waals surface area contributed by atoms with Gasteiger partial charge in [0.2, 0.25) is 0 Å². The fourth-order valence-corrected chi connectivity index (χ4v) is 12.0. The molecule has 0 bridgehead atoms. The molecule has 3 aromatic heterocycles. The molecular formula is C50H39BN2S2. The number of nitrogens with zero attached hydrogens (tertiary/aromatic N) is 2. The van der Waals surface area contributed by atoms with Crippen molar-refractivity contribution >= 4 is 114 Å². The number of anilines is 2. The summed E-state index contributed by atoms with van der Waals surface area (Å²) in [6.07, 6.45) is 0. The molecule has 7 aromatic carbocycles. The van der Waals surface area contributed by atoms with E-state index in [1.54, 1.807) is 0 Å². The molecule has 0 unspecified atom stereocenters. The van der Waals surface area contributed by atoms with Gasteiger partial charge in [0.15, 0.2) is 0 Å². The van der Waals surface area contributed by atoms with Gasteiger partial charge in [0.05, 0.1) is 11.0 Å². The molecule has 12 rings (SSSR count). The number of rotatable bonds is 1. The molecule has 0 spiro atoms. The van der Waals surface area contributed by atoms with Crippen LogP contribution in [0, 0.1) is 0 Å². The van der Waals surface area contributed by atoms with Gasteiger partial charge < -0.3 is 9.38 Å². The molecular weight excluding hydrogens is 704 g/mol. The van der Waals surface area contributed by atoms with Gasteiger partial charge in [-0.15, -0.1) is 22.7 Å². The fraction of sp³-hybridized carbons (Fsp3) is 0.160. The van der Waals surface area contributed by atoms with Crippen molar-refractivity contribution < 1.29 is 0 Å². The van der Waals surface area contributed by atoms with Gasteiger partial charge in [-0.05, 0) is 99.1 Å². The van der Waals surface area contributed by atoms with Crippen LogP contribution in [0.5, 0.6) is 0 Å². The van der Waals surface area contributed by atoms with Crippen molar-refractivity contribution in [3.8, 4) is 16.8 Å². The molecule has 2 aliphatic heterocycles. The Kier molecular flexibility index (Phi) is 6.21. The zero-order valence-electron chi connectivity index (χ0n) is 31.9. The van der Waals surface area contributed by atoms with Crippen molar-refractivity contribution in [2.75, 3.05) is 4.81 Å². The summed E-state index contributed by atoms with van der Waals surface area (Å²) in [5.74, 6) is 0. The normalized spacial score (nSPS) is 13.9. The standard InChI is InChI=1S/C50H39BN2S2/c1-49(2,3)28-15-18-30(19-16-28)53-40-22-17-29(50(4,5)6)23-35(40)33-20-21-34-36-24-37-31-11-7-9-13-43(31)55-46(37)27-41(36)52-42-25-38-32-12-8-10-14-44(32)54-45(38)26-39(42)51(53)47(33)48(34)52/h7-27H,1-6H3. The average molecular weight is 743 g/mol. The van der Waals surface area contributed by atoms with E-state index in [9.17, 15) is 0 Å². The van der Waals surface area contributed by atoms with Gasteiger partial charge in [-0.2, -0.15) is 0 Å². The van der Waals surface area contributed by atoms with Crippen LogP contribution in [0.3, 0.4) is 0 Å². The first-order valence-corrected chi connectivity index (χ1v) is 21.1. The lowest BCUT2D eigenvalue weighted by atomic mass is 9.44. The van der Waals surface area contributed by atoms with E-state index in [4.69, 9.17) is 0 Å². The van der Waals surface area contributed by atoms with Crippen LogP contribution in [0.2, 0.25) is 0 Å². The van der Waals surface area contributed by atoms with Gasteiger partial charge in [0, 0.05) is 73.7 Å². The summed E-state index contributed by atoms with van der Waals surface area (Å²) < 4.78 is 8.01. The van der Waals surface area contributed by atoms with Crippen molar-refractivity contribution in [3.05, 3.63) is 139 Å². The maximum Gasteiger partial charge on any atom is 0.333 e. The molecule has 0 aliphatic carbocycles. The van der Waals surface area contributed by atoms with Gasteiger partial charge in [0.25, 0.3) is 0 Å². The zero-order valence-corrected chi connectivity index (χ0v) is 33.5. The summed E-state index contributed by atoms with van der Waals surface area (Å²) in [7, 11) is 0. The first-order valence-electron chi connectivity index (χ1n) is 19.5. The van der Waals surface area contributed by atoms with E-state index in [1.807, 2.05) is 22.7 Å². The van der Waals surface area contributed by atoms with E-state index < -0.39 is 0 Å². The minimum absolute atomic E-state index is 0.00412. The minimum atomic E-state index is -0.00412. The Morgan fingerprint density at radius 3 is 1.80 bits per heavy atom. The quantitative estimate of drug-likeness (QED) is 0.152. The van der Waals surface area contributed by atoms with E-state index in [1.165, 1.54) is 112 Å². The second-order valence-corrected chi connectivity index (χ2v) is 19.9. The molecule has 5 heterocycles. The summed E-state index contributed by atoms with van der Waals surface area (Å²) in [5.41, 5.74) is 14.7. The zero-order chi connectivity index (χ0) is 37.1. The highest BCUT2D eigenvalue weighted by Crippen LogP contribution is 2.48. The lowest BCUT2D eigenvalue weighted by Gasteiger charge is -2.42. The Morgan fingerprint density at radius 2 is 1.11 bits per heavy atom. The van der Waals surface area contributed by atoms with Crippen LogP contribution in [0.15, 0.2) is 127 Å². The van der Waals surface area contributed by atoms with Gasteiger partial charge in [-0.1, -0.05) is 108 Å². The predicted molar refractivity (Wildman–Crippen MR) is 243 cm³/mol. The second-order valence-electron chi connectivity index (χ2n) is 17.8. The molecule has 0 fully saturated rings. The van der Waals surface area contributed by atoms with Crippen LogP contribution in [0.25, 0.3) is 79.0 Å². The van der Waals surface area contributed by atoms with E-state index >= 15 is 0 Å². The predicted octanol–water partition coefficient (Wildman–Crippen LogP) is 13.4. The molecule has 2 nitrogen and oxygen atoms in total. The monoisotopic (exact) mass is 742 g/mol. The highest BCUT2D eigenvalue weighted by atomic mass is 32.1. The maximum atomic E-state index is 2.67. The molecule has 0 atom stereocenters. The molecule has 0 N–H and O–H groups in total. The first-order chi connectivity index (χ1) is 26.5. The summed E-state index contributed by atoms with van der Waals surface area (Å²) in [6, 6.07) is 49.4. The Balaban J connectivity index is 1.26. The Hall–Kier alpha value is -5.36. The highest BCUT2D eigenvalue weighted by Gasteiger charge is 2.44. The van der Waals surface area contributed by atoms with Crippen molar-refractivity contribution in [2.45, 2.75) is 52.4 Å². The van der Waals surface area contributed by atoms with Crippen LogP contribution < -0.4 is 15.7 Å². The SMILES string of the molecule is CC(C)(C)c1ccc(N2B3c4cc5sc6ccccc6c5cc4-n4c5cc6sc7ccccc7c6cc5c5ccc(c3c54)-c3cc(C(C)(C)C)ccc32)cc1. The van der Waals surface area contributed by atoms with E-state index in [-0.39, 0.29) is 17.7 Å². The minimum Gasteiger partial charge on any atom is -0.376 e. The lowest BCUT2D eigenvalue weighted by molar-refractivity contribution is 0.590. The third-order valence-electron chi connectivity index (χ3n) is 12.5. The molecule has 10 aromatic rings. The van der Waals surface area contributed by atoms with Gasteiger partial charge in [-0.3, -0.25) is 0 Å². The van der Waals surface area contributed by atoms with Crippen molar-refractivity contribution in [3.63, 3.8) is 0 Å². The topological polar surface area (TPSA) is 8.17 Å². The summed E-state index contributed by atoms with van der Waals surface area (Å²) in [6.45, 7) is 13.9. The van der Waals surface area contributed by atoms with Crippen molar-refractivity contribution in [1.82, 2.24) is 4.57 Å². The van der Waals surface area contributed by atoms with Crippen LogP contribution in [0.1, 0.15) is 52.7 Å². The van der Waals surface area contributed by atoms with E-state index in [0.29, 0.717) is 0 Å². The van der Waals surface area contributed by atoms with Crippen molar-refractivity contribution in [1.29, 1.82) is 0 Å². The molecule has 0 radical (unpaired) electrons. The summed E-state index contributed by atoms with van der Waals surface area (Å²) in [5, 5.41) is 8.02. The number of aromatic nitrogens is 1. The molecule has 55 heavy (non-hydrogen) atoms. The fourth-order valence-electron chi connectivity index (χ4n) is 9.70. The third kappa shape index (κ3) is 4.31. The Labute approximate surface area is 329 Å². The lowest BCUT2D eigenvalue weighted by Crippen LogP contribution is -2.60. The van der Waals surface area contributed by atoms with Crippen LogP contribution in [0.4, 0.5) is 11.4 Å².